The minimum atomic E-state index is -4.62. The number of aromatic nitrogens is 1. The minimum Gasteiger partial charge on any atom is -0.481 e. The number of nitro benzene ring substituents is 1. The number of hydrogen-bond acceptors (Lipinski definition) is 5. The van der Waals surface area contributed by atoms with Crippen molar-refractivity contribution < 1.29 is 28.0 Å². The summed E-state index contributed by atoms with van der Waals surface area (Å²) < 4.78 is 39.2. The van der Waals surface area contributed by atoms with Gasteiger partial charge in [-0.05, 0) is 18.2 Å². The van der Waals surface area contributed by atoms with Gasteiger partial charge in [-0.2, -0.15) is 13.2 Å². The van der Waals surface area contributed by atoms with E-state index in [1.165, 1.54) is 35.2 Å². The Balaban J connectivity index is 1.93. The SMILES string of the molecule is O=C(O)[C@@H]1CN(c2ccc3cc([N+](=O)[O-])ccc3n2)C[C@H]1C(F)(F)F. The molecule has 0 bridgehead atoms. The van der Waals surface area contributed by atoms with Gasteiger partial charge in [-0.25, -0.2) is 4.98 Å². The van der Waals surface area contributed by atoms with Crippen LogP contribution in [-0.2, 0) is 4.79 Å². The van der Waals surface area contributed by atoms with E-state index >= 15 is 0 Å². The molecule has 1 aromatic heterocycles. The lowest BCUT2D eigenvalue weighted by atomic mass is 9.96. The molecule has 0 radical (unpaired) electrons. The zero-order valence-electron chi connectivity index (χ0n) is 12.6. The molecule has 0 amide bonds. The summed E-state index contributed by atoms with van der Waals surface area (Å²) in [5.41, 5.74) is 0.261. The van der Waals surface area contributed by atoms with Gasteiger partial charge in [0.1, 0.15) is 5.82 Å². The molecular weight excluding hydrogens is 343 g/mol. The average Bonchev–Trinajstić information content (AvgIpc) is 2.99. The van der Waals surface area contributed by atoms with Crippen LogP contribution >= 0.6 is 0 Å². The van der Waals surface area contributed by atoms with Gasteiger partial charge in [0.15, 0.2) is 0 Å². The van der Waals surface area contributed by atoms with Crippen LogP contribution in [0.3, 0.4) is 0 Å². The molecule has 2 atom stereocenters. The van der Waals surface area contributed by atoms with E-state index in [1.807, 2.05) is 0 Å². The van der Waals surface area contributed by atoms with E-state index in [0.717, 1.165) is 0 Å². The Morgan fingerprint density at radius 1 is 1.28 bits per heavy atom. The quantitative estimate of drug-likeness (QED) is 0.672. The first-order valence-corrected chi connectivity index (χ1v) is 7.26. The summed E-state index contributed by atoms with van der Waals surface area (Å²) in [5, 5.41) is 20.3. The monoisotopic (exact) mass is 355 g/mol. The van der Waals surface area contributed by atoms with E-state index in [-0.39, 0.29) is 18.1 Å². The van der Waals surface area contributed by atoms with Crippen LogP contribution in [-0.4, -0.2) is 40.2 Å². The molecular formula is C15H12F3N3O4. The fraction of sp³-hybridized carbons (Fsp3) is 0.333. The Morgan fingerprint density at radius 3 is 2.56 bits per heavy atom. The number of carboxylic acid groups (broad SMARTS) is 1. The molecule has 0 spiro atoms. The number of non-ortho nitro benzene ring substituents is 1. The van der Waals surface area contributed by atoms with Crippen molar-refractivity contribution in [2.75, 3.05) is 18.0 Å². The van der Waals surface area contributed by atoms with Gasteiger partial charge in [0.05, 0.1) is 22.3 Å². The topological polar surface area (TPSA) is 96.6 Å². The molecule has 0 saturated carbocycles. The summed E-state index contributed by atoms with van der Waals surface area (Å²) in [4.78, 5) is 26.8. The van der Waals surface area contributed by atoms with Crippen LogP contribution in [0.1, 0.15) is 0 Å². The van der Waals surface area contributed by atoms with Crippen LogP contribution in [0.25, 0.3) is 10.9 Å². The molecule has 3 rings (SSSR count). The summed E-state index contributed by atoms with van der Waals surface area (Å²) in [5.74, 6) is -4.82. The van der Waals surface area contributed by atoms with E-state index in [2.05, 4.69) is 4.98 Å². The molecule has 25 heavy (non-hydrogen) atoms. The number of nitro groups is 1. The fourth-order valence-electron chi connectivity index (χ4n) is 2.96. The Bertz CT molecular complexity index is 856. The molecule has 1 saturated heterocycles. The standard InChI is InChI=1S/C15H12F3N3O4/c16-15(17,18)11-7-20(6-10(11)14(22)23)13-4-1-8-5-9(21(24)25)2-3-12(8)19-13/h1-5,10-11H,6-7H2,(H,22,23)/t10-,11-/m1/s1. The number of pyridine rings is 1. The molecule has 0 unspecified atom stereocenters. The highest BCUT2D eigenvalue weighted by Crippen LogP contribution is 2.39. The number of benzene rings is 1. The van der Waals surface area contributed by atoms with Gasteiger partial charge in [0.25, 0.3) is 5.69 Å². The van der Waals surface area contributed by atoms with Crippen molar-refractivity contribution in [1.29, 1.82) is 0 Å². The van der Waals surface area contributed by atoms with Crippen molar-refractivity contribution in [1.82, 2.24) is 4.98 Å². The molecule has 2 aromatic rings. The zero-order chi connectivity index (χ0) is 18.4. The van der Waals surface area contributed by atoms with Crippen LogP contribution < -0.4 is 4.90 Å². The largest absolute Gasteiger partial charge is 0.481 e. The molecule has 1 aliphatic rings. The summed E-state index contributed by atoms with van der Waals surface area (Å²) in [7, 11) is 0. The summed E-state index contributed by atoms with van der Waals surface area (Å²) in [6.45, 7) is -0.795. The van der Waals surface area contributed by atoms with Crippen molar-refractivity contribution in [3.8, 4) is 0 Å². The molecule has 1 aliphatic heterocycles. The summed E-state index contributed by atoms with van der Waals surface area (Å²) in [6, 6.07) is 6.92. The zero-order valence-corrected chi connectivity index (χ0v) is 12.6. The van der Waals surface area contributed by atoms with Gasteiger partial charge in [-0.15, -0.1) is 0 Å². The van der Waals surface area contributed by atoms with Crippen LogP contribution in [0.2, 0.25) is 0 Å². The fourth-order valence-corrected chi connectivity index (χ4v) is 2.96. The number of carboxylic acids is 1. The molecule has 7 nitrogen and oxygen atoms in total. The maximum atomic E-state index is 13.1. The van der Waals surface area contributed by atoms with Crippen molar-refractivity contribution in [3.05, 3.63) is 40.4 Å². The lowest BCUT2D eigenvalue weighted by Gasteiger charge is -2.19. The average molecular weight is 355 g/mol. The number of alkyl halides is 3. The highest BCUT2D eigenvalue weighted by atomic mass is 19.4. The molecule has 1 fully saturated rings. The smallest absolute Gasteiger partial charge is 0.394 e. The van der Waals surface area contributed by atoms with E-state index in [4.69, 9.17) is 5.11 Å². The number of anilines is 1. The molecule has 0 aliphatic carbocycles. The van der Waals surface area contributed by atoms with E-state index in [9.17, 15) is 28.1 Å². The molecule has 132 valence electrons. The molecule has 1 N–H and O–H groups in total. The number of halogens is 3. The third-order valence-corrected chi connectivity index (χ3v) is 4.25. The Kier molecular flexibility index (Phi) is 3.97. The summed E-state index contributed by atoms with van der Waals surface area (Å²) in [6.07, 6.45) is -4.62. The second kappa shape index (κ2) is 5.87. The van der Waals surface area contributed by atoms with Crippen molar-refractivity contribution in [2.45, 2.75) is 6.18 Å². The van der Waals surface area contributed by atoms with Gasteiger partial charge < -0.3 is 10.0 Å². The highest BCUT2D eigenvalue weighted by molar-refractivity contribution is 5.83. The van der Waals surface area contributed by atoms with Crippen molar-refractivity contribution in [3.63, 3.8) is 0 Å². The Hall–Kier alpha value is -2.91. The number of aliphatic carboxylic acids is 1. The van der Waals surface area contributed by atoms with E-state index in [0.29, 0.717) is 10.9 Å². The van der Waals surface area contributed by atoms with Crippen LogP contribution in [0.4, 0.5) is 24.7 Å². The van der Waals surface area contributed by atoms with Crippen LogP contribution in [0, 0.1) is 22.0 Å². The third kappa shape index (κ3) is 3.19. The van der Waals surface area contributed by atoms with Crippen LogP contribution in [0.5, 0.6) is 0 Å². The molecule has 2 heterocycles. The number of hydrogen-bond donors (Lipinski definition) is 1. The third-order valence-electron chi connectivity index (χ3n) is 4.25. The maximum Gasteiger partial charge on any atom is 0.394 e. The predicted octanol–water partition coefficient (Wildman–Crippen LogP) is 2.84. The van der Waals surface area contributed by atoms with Gasteiger partial charge >= 0.3 is 12.1 Å². The number of nitrogens with zero attached hydrogens (tertiary/aromatic N) is 3. The van der Waals surface area contributed by atoms with Gasteiger partial charge in [-0.1, -0.05) is 0 Å². The van der Waals surface area contributed by atoms with E-state index in [1.54, 1.807) is 0 Å². The second-order valence-electron chi connectivity index (χ2n) is 5.80. The lowest BCUT2D eigenvalue weighted by Crippen LogP contribution is -2.33. The van der Waals surface area contributed by atoms with Crippen molar-refractivity contribution in [2.24, 2.45) is 11.8 Å². The van der Waals surface area contributed by atoms with Gasteiger partial charge in [0, 0.05) is 30.6 Å². The molecule has 10 heteroatoms. The van der Waals surface area contributed by atoms with Crippen molar-refractivity contribution >= 4 is 28.4 Å². The lowest BCUT2D eigenvalue weighted by molar-refractivity contribution is -0.384. The highest BCUT2D eigenvalue weighted by Gasteiger charge is 2.52. The minimum absolute atomic E-state index is 0.119. The van der Waals surface area contributed by atoms with Crippen LogP contribution in [0.15, 0.2) is 30.3 Å². The van der Waals surface area contributed by atoms with Gasteiger partial charge in [0.2, 0.25) is 0 Å². The number of fused-ring (bicyclic) bond motifs is 1. The molecule has 1 aromatic carbocycles. The summed E-state index contributed by atoms with van der Waals surface area (Å²) >= 11 is 0. The first kappa shape index (κ1) is 16.9. The first-order valence-electron chi connectivity index (χ1n) is 7.26. The second-order valence-corrected chi connectivity index (χ2v) is 5.80. The Labute approximate surface area is 138 Å². The first-order chi connectivity index (χ1) is 11.7. The van der Waals surface area contributed by atoms with E-state index < -0.39 is 35.4 Å². The predicted molar refractivity (Wildman–Crippen MR) is 81.3 cm³/mol. The normalized spacial score (nSPS) is 20.8. The number of carbonyl (C=O) groups is 1. The number of rotatable bonds is 3. The maximum absolute atomic E-state index is 13.1. The van der Waals surface area contributed by atoms with Gasteiger partial charge in [-0.3, -0.25) is 14.9 Å². The Morgan fingerprint density at radius 2 is 2.00 bits per heavy atom.